The number of nitrogens with one attached hydrogen (secondary N) is 2. The van der Waals surface area contributed by atoms with Crippen molar-refractivity contribution in [2.45, 2.75) is 5.16 Å². The van der Waals surface area contributed by atoms with Crippen molar-refractivity contribution in [2.24, 2.45) is 0 Å². The molecule has 0 aliphatic carbocycles. The molecule has 0 spiro atoms. The van der Waals surface area contributed by atoms with Crippen LogP contribution in [0.3, 0.4) is 0 Å². The van der Waals surface area contributed by atoms with E-state index in [2.05, 4.69) is 20.3 Å². The van der Waals surface area contributed by atoms with E-state index < -0.39 is 0 Å². The quantitative estimate of drug-likeness (QED) is 0.796. The normalized spacial score (nSPS) is 10.6. The van der Waals surface area contributed by atoms with Gasteiger partial charge in [-0.25, -0.2) is 9.97 Å². The van der Waals surface area contributed by atoms with E-state index in [1.54, 1.807) is 20.2 Å². The molecule has 0 bridgehead atoms. The lowest BCUT2D eigenvalue weighted by atomic mass is 10.4. The van der Waals surface area contributed by atoms with Gasteiger partial charge in [0.1, 0.15) is 0 Å². The molecule has 7 nitrogen and oxygen atoms in total. The van der Waals surface area contributed by atoms with Crippen molar-refractivity contribution in [1.82, 2.24) is 25.2 Å². The van der Waals surface area contributed by atoms with E-state index in [-0.39, 0.29) is 24.1 Å². The molecule has 0 fully saturated rings. The van der Waals surface area contributed by atoms with Gasteiger partial charge in [0.25, 0.3) is 0 Å². The van der Waals surface area contributed by atoms with Crippen molar-refractivity contribution in [1.29, 1.82) is 0 Å². The summed E-state index contributed by atoms with van der Waals surface area (Å²) in [6.07, 6.45) is 1.51. The lowest BCUT2D eigenvalue weighted by molar-refractivity contribution is -0.130. The SMILES string of the molecule is CN(C)C(=O)CNC(=O)CSc1nc2ncc(Cl)cc2[nH]1. The fourth-order valence-electron chi connectivity index (χ4n) is 1.44. The van der Waals surface area contributed by atoms with Crippen molar-refractivity contribution in [3.8, 4) is 0 Å². The van der Waals surface area contributed by atoms with Gasteiger partial charge in [0.15, 0.2) is 10.8 Å². The number of aromatic nitrogens is 3. The molecule has 112 valence electrons. The number of H-pyrrole nitrogens is 1. The van der Waals surface area contributed by atoms with E-state index in [4.69, 9.17) is 11.6 Å². The van der Waals surface area contributed by atoms with E-state index in [9.17, 15) is 9.59 Å². The van der Waals surface area contributed by atoms with Crippen molar-refractivity contribution in [2.75, 3.05) is 26.4 Å². The van der Waals surface area contributed by atoms with E-state index in [0.717, 1.165) is 0 Å². The number of likely N-dealkylation sites (N-methyl/N-ethyl adjacent to an activating group) is 1. The highest BCUT2D eigenvalue weighted by molar-refractivity contribution is 7.99. The largest absolute Gasteiger partial charge is 0.347 e. The third-order valence-electron chi connectivity index (χ3n) is 2.56. The number of carbonyl (C=O) groups excluding carboxylic acids is 2. The Morgan fingerprint density at radius 1 is 1.48 bits per heavy atom. The smallest absolute Gasteiger partial charge is 0.241 e. The number of pyridine rings is 1. The van der Waals surface area contributed by atoms with Crippen LogP contribution in [0.4, 0.5) is 0 Å². The third-order valence-corrected chi connectivity index (χ3v) is 3.64. The highest BCUT2D eigenvalue weighted by Crippen LogP contribution is 2.20. The Morgan fingerprint density at radius 3 is 2.95 bits per heavy atom. The number of rotatable bonds is 5. The fourth-order valence-corrected chi connectivity index (χ4v) is 2.30. The number of aromatic amines is 1. The molecule has 2 N–H and O–H groups in total. The Kier molecular flexibility index (Phi) is 5.03. The third kappa shape index (κ3) is 4.33. The molecule has 2 rings (SSSR count). The van der Waals surface area contributed by atoms with Gasteiger partial charge in [0, 0.05) is 20.3 Å². The summed E-state index contributed by atoms with van der Waals surface area (Å²) in [6.45, 7) is -0.0102. The Morgan fingerprint density at radius 2 is 2.24 bits per heavy atom. The van der Waals surface area contributed by atoms with Crippen molar-refractivity contribution in [3.63, 3.8) is 0 Å². The molecule has 0 radical (unpaired) electrons. The molecule has 2 amide bonds. The molecule has 0 aromatic carbocycles. The number of hydrogen-bond acceptors (Lipinski definition) is 5. The zero-order valence-electron chi connectivity index (χ0n) is 11.5. The van der Waals surface area contributed by atoms with Gasteiger partial charge in [-0.1, -0.05) is 23.4 Å². The van der Waals surface area contributed by atoms with E-state index in [0.29, 0.717) is 21.3 Å². The number of fused-ring (bicyclic) bond motifs is 1. The molecule has 0 aliphatic heterocycles. The van der Waals surface area contributed by atoms with Gasteiger partial charge in [0.2, 0.25) is 11.8 Å². The molecule has 0 saturated heterocycles. The topological polar surface area (TPSA) is 91.0 Å². The minimum atomic E-state index is -0.235. The minimum absolute atomic E-state index is 0.0102. The van der Waals surface area contributed by atoms with Crippen LogP contribution in [0.15, 0.2) is 17.4 Å². The fraction of sp³-hybridized carbons (Fsp3) is 0.333. The molecular formula is C12H14ClN5O2S. The summed E-state index contributed by atoms with van der Waals surface area (Å²) < 4.78 is 0. The van der Waals surface area contributed by atoms with Crippen LogP contribution in [0.1, 0.15) is 0 Å². The van der Waals surface area contributed by atoms with Crippen LogP contribution in [-0.4, -0.2) is 58.1 Å². The molecule has 0 unspecified atom stereocenters. The molecule has 21 heavy (non-hydrogen) atoms. The van der Waals surface area contributed by atoms with E-state index >= 15 is 0 Å². The minimum Gasteiger partial charge on any atom is -0.347 e. The summed E-state index contributed by atoms with van der Waals surface area (Å²) in [5.74, 6) is -0.230. The second-order valence-electron chi connectivity index (χ2n) is 4.42. The van der Waals surface area contributed by atoms with E-state index in [1.165, 1.54) is 22.9 Å². The van der Waals surface area contributed by atoms with Crippen LogP contribution < -0.4 is 5.32 Å². The average Bonchev–Trinajstić information content (AvgIpc) is 2.84. The molecule has 0 aliphatic rings. The van der Waals surface area contributed by atoms with E-state index in [1.807, 2.05) is 0 Å². The summed E-state index contributed by atoms with van der Waals surface area (Å²) in [5, 5.41) is 3.64. The number of hydrogen-bond donors (Lipinski definition) is 2. The number of carbonyl (C=O) groups is 2. The Balaban J connectivity index is 1.86. The first-order valence-corrected chi connectivity index (χ1v) is 7.43. The van der Waals surface area contributed by atoms with Crippen LogP contribution in [0, 0.1) is 0 Å². The van der Waals surface area contributed by atoms with Crippen LogP contribution in [-0.2, 0) is 9.59 Å². The molecule has 0 atom stereocenters. The van der Waals surface area contributed by atoms with Gasteiger partial charge in [0.05, 0.1) is 22.8 Å². The first kappa shape index (κ1) is 15.6. The van der Waals surface area contributed by atoms with Gasteiger partial charge >= 0.3 is 0 Å². The number of amides is 2. The van der Waals surface area contributed by atoms with Crippen molar-refractivity contribution < 1.29 is 9.59 Å². The lowest BCUT2D eigenvalue weighted by Crippen LogP contribution is -2.36. The zero-order valence-corrected chi connectivity index (χ0v) is 13.1. The molecule has 2 heterocycles. The molecular weight excluding hydrogens is 314 g/mol. The van der Waals surface area contributed by atoms with Gasteiger partial charge in [-0.3, -0.25) is 9.59 Å². The van der Waals surface area contributed by atoms with Gasteiger partial charge in [-0.2, -0.15) is 0 Å². The Hall–Kier alpha value is -1.80. The molecule has 2 aromatic rings. The van der Waals surface area contributed by atoms with Crippen LogP contribution in [0.2, 0.25) is 5.02 Å². The Bertz CT molecular complexity index is 673. The second kappa shape index (κ2) is 6.77. The van der Waals surface area contributed by atoms with Gasteiger partial charge in [-0.05, 0) is 6.07 Å². The zero-order chi connectivity index (χ0) is 15.4. The highest BCUT2D eigenvalue weighted by Gasteiger charge is 2.10. The predicted molar refractivity (Wildman–Crippen MR) is 81.3 cm³/mol. The predicted octanol–water partition coefficient (Wildman–Crippen LogP) is 0.908. The maximum absolute atomic E-state index is 11.6. The van der Waals surface area contributed by atoms with Crippen molar-refractivity contribution in [3.05, 3.63) is 17.3 Å². The molecule has 2 aromatic heterocycles. The van der Waals surface area contributed by atoms with Gasteiger partial charge < -0.3 is 15.2 Å². The maximum atomic E-state index is 11.6. The number of imidazole rings is 1. The summed E-state index contributed by atoms with van der Waals surface area (Å²) in [4.78, 5) is 35.7. The second-order valence-corrected chi connectivity index (χ2v) is 5.82. The highest BCUT2D eigenvalue weighted by atomic mass is 35.5. The number of halogens is 1. The monoisotopic (exact) mass is 327 g/mol. The van der Waals surface area contributed by atoms with Crippen LogP contribution >= 0.6 is 23.4 Å². The molecule has 9 heteroatoms. The first-order chi connectivity index (χ1) is 9.95. The average molecular weight is 328 g/mol. The van der Waals surface area contributed by atoms with Gasteiger partial charge in [-0.15, -0.1) is 0 Å². The lowest BCUT2D eigenvalue weighted by Gasteiger charge is -2.10. The van der Waals surface area contributed by atoms with Crippen LogP contribution in [0.5, 0.6) is 0 Å². The first-order valence-electron chi connectivity index (χ1n) is 6.06. The van der Waals surface area contributed by atoms with Crippen LogP contribution in [0.25, 0.3) is 11.2 Å². The summed E-state index contributed by atoms with van der Waals surface area (Å²) in [7, 11) is 3.27. The maximum Gasteiger partial charge on any atom is 0.241 e. The standard InChI is InChI=1S/C12H14ClN5O2S/c1-18(2)10(20)5-14-9(19)6-21-12-16-8-3-7(13)4-15-11(8)17-12/h3-4H,5-6H2,1-2H3,(H,14,19)(H,15,16,17). The summed E-state index contributed by atoms with van der Waals surface area (Å²) in [5.41, 5.74) is 1.26. The summed E-state index contributed by atoms with van der Waals surface area (Å²) >= 11 is 7.07. The molecule has 0 saturated carbocycles. The number of thioether (sulfide) groups is 1. The van der Waals surface area contributed by atoms with Crippen molar-refractivity contribution >= 4 is 46.3 Å². The Labute approximate surface area is 130 Å². The number of nitrogens with zero attached hydrogens (tertiary/aromatic N) is 3. The summed E-state index contributed by atoms with van der Waals surface area (Å²) in [6, 6.07) is 1.72.